The molecule has 2 fully saturated rings. The van der Waals surface area contributed by atoms with Gasteiger partial charge in [0.05, 0.1) is 11.0 Å². The molecule has 3 unspecified atom stereocenters. The first-order chi connectivity index (χ1) is 9.41. The molecule has 1 aromatic carbocycles. The number of nitrogens with zero attached hydrogens (tertiary/aromatic N) is 1. The Hall–Kier alpha value is -1.62. The van der Waals surface area contributed by atoms with Gasteiger partial charge in [0.15, 0.2) is 0 Å². The molecule has 20 heavy (non-hydrogen) atoms. The Bertz CT molecular complexity index is 556. The van der Waals surface area contributed by atoms with Gasteiger partial charge in [0.2, 0.25) is 0 Å². The third-order valence-electron chi connectivity index (χ3n) is 4.83. The number of ether oxygens (including phenoxy) is 1. The second-order valence-corrected chi connectivity index (χ2v) is 6.44. The average molecular weight is 276 g/mol. The molecule has 0 amide bonds. The van der Waals surface area contributed by atoms with Crippen LogP contribution in [0.1, 0.15) is 25.8 Å². The highest BCUT2D eigenvalue weighted by Crippen LogP contribution is 2.53. The minimum Gasteiger partial charge on any atom is -0.381 e. The fourth-order valence-electron chi connectivity index (χ4n) is 3.71. The highest BCUT2D eigenvalue weighted by molar-refractivity contribution is 5.56. The topological polar surface area (TPSA) is 64.4 Å². The summed E-state index contributed by atoms with van der Waals surface area (Å²) in [5, 5.41) is 14.3. The van der Waals surface area contributed by atoms with E-state index in [1.165, 1.54) is 0 Å². The molecule has 0 radical (unpaired) electrons. The molecule has 3 atom stereocenters. The second-order valence-electron chi connectivity index (χ2n) is 6.44. The quantitative estimate of drug-likeness (QED) is 0.680. The molecule has 0 aromatic heterocycles. The van der Waals surface area contributed by atoms with Gasteiger partial charge in [0.25, 0.3) is 5.69 Å². The van der Waals surface area contributed by atoms with Crippen LogP contribution in [-0.2, 0) is 4.74 Å². The van der Waals surface area contributed by atoms with Gasteiger partial charge in [-0.2, -0.15) is 0 Å². The van der Waals surface area contributed by atoms with Crippen LogP contribution < -0.4 is 5.32 Å². The number of rotatable bonds is 3. The predicted octanol–water partition coefficient (Wildman–Crippen LogP) is 3.13. The lowest BCUT2D eigenvalue weighted by Gasteiger charge is -2.55. The lowest BCUT2D eigenvalue weighted by atomic mass is 9.57. The van der Waals surface area contributed by atoms with Gasteiger partial charge >= 0.3 is 0 Å². The Morgan fingerprint density at radius 3 is 2.85 bits per heavy atom. The van der Waals surface area contributed by atoms with E-state index in [1.807, 2.05) is 13.0 Å². The third kappa shape index (κ3) is 1.88. The highest BCUT2D eigenvalue weighted by atomic mass is 16.6. The monoisotopic (exact) mass is 276 g/mol. The summed E-state index contributed by atoms with van der Waals surface area (Å²) in [6.07, 6.45) is 1.44. The van der Waals surface area contributed by atoms with Crippen LogP contribution in [-0.4, -0.2) is 23.7 Å². The van der Waals surface area contributed by atoms with Crippen molar-refractivity contribution in [3.63, 3.8) is 0 Å². The van der Waals surface area contributed by atoms with Crippen LogP contribution >= 0.6 is 0 Å². The molecule has 1 N–H and O–H groups in total. The molecular weight excluding hydrogens is 256 g/mol. The lowest BCUT2D eigenvalue weighted by Crippen LogP contribution is -2.63. The van der Waals surface area contributed by atoms with Crippen molar-refractivity contribution in [2.45, 2.75) is 39.3 Å². The summed E-state index contributed by atoms with van der Waals surface area (Å²) in [5.74, 6) is 0.555. The summed E-state index contributed by atoms with van der Waals surface area (Å²) < 4.78 is 5.79. The van der Waals surface area contributed by atoms with Crippen LogP contribution in [0, 0.1) is 28.4 Å². The molecular formula is C15H20N2O3. The number of benzene rings is 1. The molecule has 1 aliphatic heterocycles. The minimum absolute atomic E-state index is 0.107. The SMILES string of the molecule is Cc1cc([N+](=O)[O-])ccc1NC1C2CCOC2C1(C)C. The summed E-state index contributed by atoms with van der Waals surface area (Å²) in [7, 11) is 0. The molecule has 1 heterocycles. The van der Waals surface area contributed by atoms with Gasteiger partial charge in [-0.1, -0.05) is 13.8 Å². The molecule has 2 aliphatic rings. The maximum absolute atomic E-state index is 10.8. The van der Waals surface area contributed by atoms with E-state index in [9.17, 15) is 10.1 Å². The molecule has 1 saturated carbocycles. The van der Waals surface area contributed by atoms with Crippen molar-refractivity contribution in [3.8, 4) is 0 Å². The average Bonchev–Trinajstić information content (AvgIpc) is 2.83. The van der Waals surface area contributed by atoms with Crippen LogP contribution in [0.15, 0.2) is 18.2 Å². The van der Waals surface area contributed by atoms with Crippen molar-refractivity contribution in [2.75, 3.05) is 11.9 Å². The molecule has 1 aliphatic carbocycles. The first kappa shape index (κ1) is 13.4. The predicted molar refractivity (Wildman–Crippen MR) is 76.9 cm³/mol. The molecule has 1 aromatic rings. The third-order valence-corrected chi connectivity index (χ3v) is 4.83. The normalized spacial score (nSPS) is 30.4. The molecule has 0 bridgehead atoms. The lowest BCUT2D eigenvalue weighted by molar-refractivity contribution is -0.384. The van der Waals surface area contributed by atoms with Crippen LogP contribution in [0.3, 0.4) is 0 Å². The van der Waals surface area contributed by atoms with Gasteiger partial charge in [-0.25, -0.2) is 0 Å². The van der Waals surface area contributed by atoms with E-state index in [2.05, 4.69) is 19.2 Å². The minimum atomic E-state index is -0.356. The number of hydrogen-bond acceptors (Lipinski definition) is 4. The molecule has 3 rings (SSSR count). The van der Waals surface area contributed by atoms with Gasteiger partial charge < -0.3 is 10.1 Å². The summed E-state index contributed by atoms with van der Waals surface area (Å²) in [6, 6.07) is 5.36. The molecule has 1 saturated heterocycles. The van der Waals surface area contributed by atoms with Crippen molar-refractivity contribution in [3.05, 3.63) is 33.9 Å². The van der Waals surface area contributed by atoms with Crippen LogP contribution in [0.2, 0.25) is 0 Å². The van der Waals surface area contributed by atoms with Crippen molar-refractivity contribution >= 4 is 11.4 Å². The first-order valence-electron chi connectivity index (χ1n) is 7.04. The zero-order valence-corrected chi connectivity index (χ0v) is 12.1. The number of nitro benzene ring substituents is 1. The fraction of sp³-hybridized carbons (Fsp3) is 0.600. The molecule has 0 spiro atoms. The van der Waals surface area contributed by atoms with Gasteiger partial charge in [0.1, 0.15) is 0 Å². The summed E-state index contributed by atoms with van der Waals surface area (Å²) >= 11 is 0. The molecule has 5 heteroatoms. The number of fused-ring (bicyclic) bond motifs is 1. The number of nitro groups is 1. The smallest absolute Gasteiger partial charge is 0.269 e. The van der Waals surface area contributed by atoms with Crippen molar-refractivity contribution in [2.24, 2.45) is 11.3 Å². The summed E-state index contributed by atoms with van der Waals surface area (Å²) in [4.78, 5) is 10.4. The number of anilines is 1. The maximum atomic E-state index is 10.8. The van der Waals surface area contributed by atoms with E-state index in [4.69, 9.17) is 4.74 Å². The second kappa shape index (κ2) is 4.45. The van der Waals surface area contributed by atoms with Gasteiger partial charge in [-0.3, -0.25) is 10.1 Å². The van der Waals surface area contributed by atoms with E-state index in [0.717, 1.165) is 24.3 Å². The van der Waals surface area contributed by atoms with Crippen LogP contribution in [0.4, 0.5) is 11.4 Å². The van der Waals surface area contributed by atoms with E-state index in [1.54, 1.807) is 12.1 Å². The van der Waals surface area contributed by atoms with E-state index < -0.39 is 0 Å². The zero-order valence-electron chi connectivity index (χ0n) is 12.1. The zero-order chi connectivity index (χ0) is 14.5. The molecule has 5 nitrogen and oxygen atoms in total. The number of aryl methyl sites for hydroxylation is 1. The van der Waals surface area contributed by atoms with Crippen LogP contribution in [0.5, 0.6) is 0 Å². The summed E-state index contributed by atoms with van der Waals surface area (Å²) in [6.45, 7) is 7.19. The Balaban J connectivity index is 1.80. The Labute approximate surface area is 118 Å². The Kier molecular flexibility index (Phi) is 2.97. The number of non-ortho nitro benzene ring substituents is 1. The van der Waals surface area contributed by atoms with E-state index in [-0.39, 0.29) is 16.0 Å². The highest BCUT2D eigenvalue weighted by Gasteiger charge is 2.59. The van der Waals surface area contributed by atoms with Gasteiger partial charge in [-0.15, -0.1) is 0 Å². The van der Waals surface area contributed by atoms with E-state index in [0.29, 0.717) is 18.1 Å². The standard InChI is InChI=1S/C15H20N2O3/c1-9-8-10(17(18)19)4-5-12(9)16-13-11-6-7-20-14(11)15(13,2)3/h4-5,8,11,13-14,16H,6-7H2,1-3H3. The van der Waals surface area contributed by atoms with Gasteiger partial charge in [-0.05, 0) is 25.0 Å². The number of hydrogen-bond donors (Lipinski definition) is 1. The van der Waals surface area contributed by atoms with Crippen LogP contribution in [0.25, 0.3) is 0 Å². The van der Waals surface area contributed by atoms with Crippen molar-refractivity contribution in [1.29, 1.82) is 0 Å². The summed E-state index contributed by atoms with van der Waals surface area (Å²) in [5.41, 5.74) is 2.15. The van der Waals surface area contributed by atoms with E-state index >= 15 is 0 Å². The van der Waals surface area contributed by atoms with Gasteiger partial charge in [0, 0.05) is 41.8 Å². The Morgan fingerprint density at radius 1 is 1.45 bits per heavy atom. The van der Waals surface area contributed by atoms with Crippen molar-refractivity contribution < 1.29 is 9.66 Å². The first-order valence-corrected chi connectivity index (χ1v) is 7.04. The molecule has 108 valence electrons. The fourth-order valence-corrected chi connectivity index (χ4v) is 3.71. The Morgan fingerprint density at radius 2 is 2.20 bits per heavy atom. The maximum Gasteiger partial charge on any atom is 0.269 e. The van der Waals surface area contributed by atoms with Crippen molar-refractivity contribution in [1.82, 2.24) is 0 Å². The number of nitrogens with one attached hydrogen (secondary N) is 1. The largest absolute Gasteiger partial charge is 0.381 e.